The van der Waals surface area contributed by atoms with Crippen LogP contribution in [0, 0.1) is 0 Å². The molecular formula is C19H20F3NO2. The van der Waals surface area contributed by atoms with Gasteiger partial charge in [-0.25, -0.2) is 0 Å². The van der Waals surface area contributed by atoms with Crippen molar-refractivity contribution < 1.29 is 22.7 Å². The maximum atomic E-state index is 12.7. The van der Waals surface area contributed by atoms with Gasteiger partial charge in [0, 0.05) is 6.54 Å². The SMILES string of the molecule is CC(C)c1ccccc1OCC(=O)NCc1cccc(C(F)(F)F)c1. The van der Waals surface area contributed by atoms with E-state index in [1.807, 2.05) is 32.0 Å². The predicted octanol–water partition coefficient (Wildman–Crippen LogP) is 4.52. The molecule has 0 fully saturated rings. The second-order valence-corrected chi connectivity index (χ2v) is 5.96. The smallest absolute Gasteiger partial charge is 0.416 e. The summed E-state index contributed by atoms with van der Waals surface area (Å²) >= 11 is 0. The van der Waals surface area contributed by atoms with E-state index in [1.54, 1.807) is 6.07 Å². The molecule has 2 rings (SSSR count). The molecule has 0 aliphatic rings. The van der Waals surface area contributed by atoms with Crippen molar-refractivity contribution in [3.05, 3.63) is 65.2 Å². The topological polar surface area (TPSA) is 38.3 Å². The van der Waals surface area contributed by atoms with Crippen LogP contribution in [-0.4, -0.2) is 12.5 Å². The first-order valence-corrected chi connectivity index (χ1v) is 7.92. The summed E-state index contributed by atoms with van der Waals surface area (Å²) in [5.41, 5.74) is 0.639. The fourth-order valence-electron chi connectivity index (χ4n) is 2.34. The number of amides is 1. The zero-order valence-corrected chi connectivity index (χ0v) is 14.1. The van der Waals surface area contributed by atoms with Gasteiger partial charge in [-0.15, -0.1) is 0 Å². The summed E-state index contributed by atoms with van der Waals surface area (Å²) < 4.78 is 43.5. The first kappa shape index (κ1) is 18.8. The number of carbonyl (C=O) groups is 1. The van der Waals surface area contributed by atoms with Gasteiger partial charge >= 0.3 is 6.18 Å². The molecule has 2 aromatic rings. The van der Waals surface area contributed by atoms with Crippen LogP contribution in [-0.2, 0) is 17.5 Å². The molecule has 0 saturated carbocycles. The maximum absolute atomic E-state index is 12.7. The van der Waals surface area contributed by atoms with Gasteiger partial charge in [-0.2, -0.15) is 13.2 Å². The summed E-state index contributed by atoms with van der Waals surface area (Å²) in [6, 6.07) is 12.3. The van der Waals surface area contributed by atoms with Crippen LogP contribution >= 0.6 is 0 Å². The molecule has 0 saturated heterocycles. The lowest BCUT2D eigenvalue weighted by Gasteiger charge is -2.14. The highest BCUT2D eigenvalue weighted by Gasteiger charge is 2.30. The second-order valence-electron chi connectivity index (χ2n) is 5.96. The largest absolute Gasteiger partial charge is 0.483 e. The van der Waals surface area contributed by atoms with E-state index in [1.165, 1.54) is 12.1 Å². The Morgan fingerprint density at radius 3 is 2.52 bits per heavy atom. The number of hydrogen-bond acceptors (Lipinski definition) is 2. The number of rotatable bonds is 6. The minimum Gasteiger partial charge on any atom is -0.483 e. The highest BCUT2D eigenvalue weighted by molar-refractivity contribution is 5.77. The van der Waals surface area contributed by atoms with Gasteiger partial charge in [-0.1, -0.05) is 44.2 Å². The van der Waals surface area contributed by atoms with E-state index < -0.39 is 17.6 Å². The van der Waals surface area contributed by atoms with Gasteiger partial charge in [-0.3, -0.25) is 4.79 Å². The number of nitrogens with one attached hydrogen (secondary N) is 1. The van der Waals surface area contributed by atoms with E-state index >= 15 is 0 Å². The van der Waals surface area contributed by atoms with Crippen LogP contribution in [0.25, 0.3) is 0 Å². The predicted molar refractivity (Wildman–Crippen MR) is 89.3 cm³/mol. The Bertz CT molecular complexity index is 727. The van der Waals surface area contributed by atoms with Crippen LogP contribution in [0.15, 0.2) is 48.5 Å². The molecular weight excluding hydrogens is 331 g/mol. The fourth-order valence-corrected chi connectivity index (χ4v) is 2.34. The molecule has 0 atom stereocenters. The van der Waals surface area contributed by atoms with Crippen molar-refractivity contribution in [2.75, 3.05) is 6.61 Å². The molecule has 134 valence electrons. The lowest BCUT2D eigenvalue weighted by Crippen LogP contribution is -2.28. The Morgan fingerprint density at radius 2 is 1.84 bits per heavy atom. The van der Waals surface area contributed by atoms with E-state index in [-0.39, 0.29) is 19.1 Å². The minimum absolute atomic E-state index is 0.0118. The van der Waals surface area contributed by atoms with Crippen molar-refractivity contribution in [1.82, 2.24) is 5.32 Å². The number of ether oxygens (including phenoxy) is 1. The molecule has 0 aliphatic carbocycles. The summed E-state index contributed by atoms with van der Waals surface area (Å²) in [7, 11) is 0. The summed E-state index contributed by atoms with van der Waals surface area (Å²) in [6.45, 7) is 3.87. The average Bonchev–Trinajstić information content (AvgIpc) is 2.58. The van der Waals surface area contributed by atoms with Crippen molar-refractivity contribution in [2.24, 2.45) is 0 Å². The minimum atomic E-state index is -4.40. The zero-order chi connectivity index (χ0) is 18.4. The molecule has 0 heterocycles. The number of para-hydroxylation sites is 1. The van der Waals surface area contributed by atoms with E-state index in [2.05, 4.69) is 5.32 Å². The molecule has 0 radical (unpaired) electrons. The Hall–Kier alpha value is -2.50. The van der Waals surface area contributed by atoms with Crippen molar-refractivity contribution >= 4 is 5.91 Å². The molecule has 1 N–H and O–H groups in total. The number of carbonyl (C=O) groups excluding carboxylic acids is 1. The highest BCUT2D eigenvalue weighted by Crippen LogP contribution is 2.29. The maximum Gasteiger partial charge on any atom is 0.416 e. The second kappa shape index (κ2) is 8.05. The van der Waals surface area contributed by atoms with Gasteiger partial charge < -0.3 is 10.1 Å². The third-order valence-electron chi connectivity index (χ3n) is 3.64. The van der Waals surface area contributed by atoms with Crippen LogP contribution in [0.3, 0.4) is 0 Å². The summed E-state index contributed by atoms with van der Waals surface area (Å²) in [5, 5.41) is 2.57. The molecule has 25 heavy (non-hydrogen) atoms. The number of hydrogen-bond donors (Lipinski definition) is 1. The van der Waals surface area contributed by atoms with Crippen LogP contribution in [0.1, 0.15) is 36.5 Å². The van der Waals surface area contributed by atoms with Crippen LogP contribution in [0.4, 0.5) is 13.2 Å². The molecule has 0 aromatic heterocycles. The molecule has 6 heteroatoms. The highest BCUT2D eigenvalue weighted by atomic mass is 19.4. The summed E-state index contributed by atoms with van der Waals surface area (Å²) in [5.74, 6) is 0.493. The summed E-state index contributed by atoms with van der Waals surface area (Å²) in [6.07, 6.45) is -4.40. The first-order chi connectivity index (χ1) is 11.8. The summed E-state index contributed by atoms with van der Waals surface area (Å²) in [4.78, 5) is 11.9. The Morgan fingerprint density at radius 1 is 1.12 bits per heavy atom. The molecule has 3 nitrogen and oxygen atoms in total. The van der Waals surface area contributed by atoms with E-state index in [0.29, 0.717) is 11.3 Å². The number of benzene rings is 2. The van der Waals surface area contributed by atoms with Gasteiger partial charge in [0.25, 0.3) is 5.91 Å². The zero-order valence-electron chi connectivity index (χ0n) is 14.1. The van der Waals surface area contributed by atoms with Gasteiger partial charge in [0.1, 0.15) is 5.75 Å². The van der Waals surface area contributed by atoms with Crippen LogP contribution < -0.4 is 10.1 Å². The van der Waals surface area contributed by atoms with Gasteiger partial charge in [0.15, 0.2) is 6.61 Å². The normalized spacial score (nSPS) is 11.4. The first-order valence-electron chi connectivity index (χ1n) is 7.92. The molecule has 2 aromatic carbocycles. The molecule has 0 spiro atoms. The van der Waals surface area contributed by atoms with Crippen molar-refractivity contribution in [1.29, 1.82) is 0 Å². The van der Waals surface area contributed by atoms with Crippen LogP contribution in [0.2, 0.25) is 0 Å². The fraction of sp³-hybridized carbons (Fsp3) is 0.316. The van der Waals surface area contributed by atoms with Crippen molar-refractivity contribution in [2.45, 2.75) is 32.5 Å². The standard InChI is InChI=1S/C19H20F3NO2/c1-13(2)16-8-3-4-9-17(16)25-12-18(24)23-11-14-6-5-7-15(10-14)19(20,21)22/h3-10,13H,11-12H2,1-2H3,(H,23,24). The van der Waals surface area contributed by atoms with Crippen LogP contribution in [0.5, 0.6) is 5.75 Å². The Kier molecular flexibility index (Phi) is 6.07. The van der Waals surface area contributed by atoms with E-state index in [0.717, 1.165) is 17.7 Å². The van der Waals surface area contributed by atoms with Gasteiger partial charge in [0.2, 0.25) is 0 Å². The lowest BCUT2D eigenvalue weighted by molar-refractivity contribution is -0.137. The molecule has 0 aliphatic heterocycles. The number of alkyl halides is 3. The lowest BCUT2D eigenvalue weighted by atomic mass is 10.0. The van der Waals surface area contributed by atoms with Crippen molar-refractivity contribution in [3.8, 4) is 5.75 Å². The molecule has 1 amide bonds. The van der Waals surface area contributed by atoms with Crippen molar-refractivity contribution in [3.63, 3.8) is 0 Å². The molecule has 0 unspecified atom stereocenters. The average molecular weight is 351 g/mol. The Balaban J connectivity index is 1.90. The van der Waals surface area contributed by atoms with Gasteiger partial charge in [0.05, 0.1) is 5.56 Å². The van der Waals surface area contributed by atoms with Gasteiger partial charge in [-0.05, 0) is 35.2 Å². The Labute approximate surface area is 144 Å². The third-order valence-corrected chi connectivity index (χ3v) is 3.64. The quantitative estimate of drug-likeness (QED) is 0.831. The number of halogens is 3. The van der Waals surface area contributed by atoms with E-state index in [9.17, 15) is 18.0 Å². The van der Waals surface area contributed by atoms with E-state index in [4.69, 9.17) is 4.74 Å². The third kappa shape index (κ3) is 5.52. The molecule has 0 bridgehead atoms. The monoisotopic (exact) mass is 351 g/mol.